The second-order valence-electron chi connectivity index (χ2n) is 5.99. The molecule has 3 rings (SSSR count). The van der Waals surface area contributed by atoms with Crippen molar-refractivity contribution in [1.82, 2.24) is 4.57 Å². The first-order valence-electron chi connectivity index (χ1n) is 8.06. The Labute approximate surface area is 154 Å². The van der Waals surface area contributed by atoms with Crippen LogP contribution in [0.15, 0.2) is 42.5 Å². The van der Waals surface area contributed by atoms with E-state index in [0.29, 0.717) is 22.2 Å². The second-order valence-corrected chi connectivity index (χ2v) is 5.99. The minimum Gasteiger partial charge on any atom is -0.464 e. The van der Waals surface area contributed by atoms with E-state index in [1.807, 2.05) is 6.07 Å². The predicted molar refractivity (Wildman–Crippen MR) is 101 cm³/mol. The number of benzene rings is 2. The molecule has 8 heteroatoms. The van der Waals surface area contributed by atoms with Gasteiger partial charge in [-0.2, -0.15) is 0 Å². The van der Waals surface area contributed by atoms with E-state index >= 15 is 0 Å². The summed E-state index contributed by atoms with van der Waals surface area (Å²) in [6.07, 6.45) is 0. The van der Waals surface area contributed by atoms with Crippen LogP contribution >= 0.6 is 0 Å². The van der Waals surface area contributed by atoms with Crippen LogP contribution in [0.4, 0.5) is 11.4 Å². The average molecular weight is 367 g/mol. The van der Waals surface area contributed by atoms with Gasteiger partial charge in [-0.3, -0.25) is 14.9 Å². The van der Waals surface area contributed by atoms with Crippen LogP contribution in [0.3, 0.4) is 0 Å². The second kappa shape index (κ2) is 6.91. The first-order valence-corrected chi connectivity index (χ1v) is 8.06. The van der Waals surface area contributed by atoms with Crippen molar-refractivity contribution in [3.05, 3.63) is 58.3 Å². The molecule has 1 amide bonds. The average Bonchev–Trinajstić information content (AvgIpc) is 2.97. The number of carbonyl (C=O) groups is 2. The first-order chi connectivity index (χ1) is 12.8. The van der Waals surface area contributed by atoms with Crippen LogP contribution in [0, 0.1) is 10.1 Å². The van der Waals surface area contributed by atoms with Gasteiger partial charge >= 0.3 is 5.97 Å². The van der Waals surface area contributed by atoms with Crippen molar-refractivity contribution in [1.29, 1.82) is 0 Å². The van der Waals surface area contributed by atoms with Crippen molar-refractivity contribution in [3.8, 4) is 11.1 Å². The molecule has 138 valence electrons. The Morgan fingerprint density at radius 2 is 1.93 bits per heavy atom. The number of nitro groups is 1. The lowest BCUT2D eigenvalue weighted by Crippen LogP contribution is -2.07. The molecule has 0 radical (unpaired) electrons. The molecule has 2 aromatic carbocycles. The van der Waals surface area contributed by atoms with Crippen LogP contribution < -0.4 is 5.32 Å². The number of hydrogen-bond acceptors (Lipinski definition) is 5. The smallest absolute Gasteiger partial charge is 0.354 e. The maximum absolute atomic E-state index is 12.0. The number of ether oxygens (including phenoxy) is 1. The molecule has 0 fully saturated rings. The largest absolute Gasteiger partial charge is 0.464 e. The highest BCUT2D eigenvalue weighted by Gasteiger charge is 2.23. The lowest BCUT2D eigenvalue weighted by atomic mass is 10.00. The molecule has 1 heterocycles. The van der Waals surface area contributed by atoms with E-state index in [1.54, 1.807) is 37.4 Å². The van der Waals surface area contributed by atoms with Gasteiger partial charge in [-0.1, -0.05) is 12.1 Å². The number of methoxy groups -OCH3 is 1. The fourth-order valence-electron chi connectivity index (χ4n) is 3.12. The van der Waals surface area contributed by atoms with Gasteiger partial charge in [0.05, 0.1) is 12.0 Å². The number of aryl methyl sites for hydroxylation is 1. The topological polar surface area (TPSA) is 103 Å². The van der Waals surface area contributed by atoms with Gasteiger partial charge < -0.3 is 14.6 Å². The predicted octanol–water partition coefficient (Wildman–Crippen LogP) is 3.50. The van der Waals surface area contributed by atoms with Crippen molar-refractivity contribution in [2.45, 2.75) is 6.92 Å². The Bertz CT molecular complexity index is 1080. The molecule has 0 aliphatic carbocycles. The fraction of sp³-hybridized carbons (Fsp3) is 0.158. The zero-order valence-electron chi connectivity index (χ0n) is 15.0. The summed E-state index contributed by atoms with van der Waals surface area (Å²) in [5.41, 5.74) is 2.49. The number of anilines is 1. The summed E-state index contributed by atoms with van der Waals surface area (Å²) in [5.74, 6) is -0.783. The Morgan fingerprint density at radius 3 is 2.56 bits per heavy atom. The molecule has 0 spiro atoms. The number of amides is 1. The molecule has 0 aliphatic rings. The van der Waals surface area contributed by atoms with Gasteiger partial charge in [0.1, 0.15) is 11.2 Å². The van der Waals surface area contributed by atoms with Crippen LogP contribution in [0.25, 0.3) is 22.0 Å². The number of nitrogens with one attached hydrogen (secondary N) is 1. The molecule has 27 heavy (non-hydrogen) atoms. The summed E-state index contributed by atoms with van der Waals surface area (Å²) >= 11 is 0. The van der Waals surface area contributed by atoms with E-state index in [2.05, 4.69) is 5.32 Å². The number of aromatic nitrogens is 1. The quantitative estimate of drug-likeness (QED) is 0.432. The zero-order valence-corrected chi connectivity index (χ0v) is 15.0. The molecule has 0 saturated carbocycles. The van der Waals surface area contributed by atoms with Crippen LogP contribution in [-0.2, 0) is 16.6 Å². The van der Waals surface area contributed by atoms with E-state index in [9.17, 15) is 19.7 Å². The monoisotopic (exact) mass is 367 g/mol. The van der Waals surface area contributed by atoms with E-state index < -0.39 is 10.9 Å². The number of nitro benzene ring substituents is 1. The van der Waals surface area contributed by atoms with Crippen LogP contribution in [0.1, 0.15) is 17.4 Å². The van der Waals surface area contributed by atoms with Crippen LogP contribution in [0.5, 0.6) is 0 Å². The van der Waals surface area contributed by atoms with Gasteiger partial charge in [0.15, 0.2) is 0 Å². The zero-order chi connectivity index (χ0) is 19.7. The van der Waals surface area contributed by atoms with Gasteiger partial charge in [0.25, 0.3) is 5.69 Å². The molecular formula is C19H17N3O5. The number of non-ortho nitro benzene ring substituents is 1. The summed E-state index contributed by atoms with van der Waals surface area (Å²) in [7, 11) is 2.84. The van der Waals surface area contributed by atoms with Crippen molar-refractivity contribution in [2.24, 2.45) is 7.05 Å². The van der Waals surface area contributed by atoms with E-state index in [-0.39, 0.29) is 17.3 Å². The number of esters is 1. The normalized spacial score (nSPS) is 10.6. The molecular weight excluding hydrogens is 350 g/mol. The Hall–Kier alpha value is -3.68. The third-order valence-corrected chi connectivity index (χ3v) is 4.26. The highest BCUT2D eigenvalue weighted by molar-refractivity contribution is 6.05. The highest BCUT2D eigenvalue weighted by atomic mass is 16.6. The Balaban J connectivity index is 2.29. The van der Waals surface area contributed by atoms with Crippen LogP contribution in [-0.4, -0.2) is 28.5 Å². The molecule has 0 aliphatic heterocycles. The molecule has 0 saturated heterocycles. The SMILES string of the molecule is COC(=O)c1cc2c(-c3cccc(NC(C)=O)c3)ccc([N+](=O)[O-])c2n1C. The van der Waals surface area contributed by atoms with Gasteiger partial charge in [0.2, 0.25) is 5.91 Å². The third kappa shape index (κ3) is 3.24. The minimum absolute atomic E-state index is 0.107. The maximum atomic E-state index is 12.0. The Morgan fingerprint density at radius 1 is 1.19 bits per heavy atom. The van der Waals surface area contributed by atoms with Crippen molar-refractivity contribution < 1.29 is 19.2 Å². The number of nitrogens with zero attached hydrogens (tertiary/aromatic N) is 2. The van der Waals surface area contributed by atoms with Crippen molar-refractivity contribution >= 4 is 34.2 Å². The standard InChI is InChI=1S/C19H17N3O5/c1-11(23)20-13-6-4-5-12(9-13)14-7-8-16(22(25)26)18-15(14)10-17(21(18)2)19(24)27-3/h4-10H,1-3H3,(H,20,23). The molecule has 0 atom stereocenters. The summed E-state index contributed by atoms with van der Waals surface area (Å²) in [6.45, 7) is 1.41. The number of rotatable bonds is 4. The molecule has 3 aromatic rings. The molecule has 8 nitrogen and oxygen atoms in total. The van der Waals surface area contributed by atoms with Crippen LogP contribution in [0.2, 0.25) is 0 Å². The number of carbonyl (C=O) groups excluding carboxylic acids is 2. The first kappa shape index (κ1) is 18.1. The van der Waals surface area contributed by atoms with Gasteiger partial charge in [-0.15, -0.1) is 0 Å². The minimum atomic E-state index is -0.582. The number of hydrogen-bond donors (Lipinski definition) is 1. The fourth-order valence-corrected chi connectivity index (χ4v) is 3.12. The Kier molecular flexibility index (Phi) is 4.64. The lowest BCUT2D eigenvalue weighted by molar-refractivity contribution is -0.383. The molecule has 1 aromatic heterocycles. The lowest BCUT2D eigenvalue weighted by Gasteiger charge is -2.08. The van der Waals surface area contributed by atoms with E-state index in [1.165, 1.54) is 24.7 Å². The summed E-state index contributed by atoms with van der Waals surface area (Å²) in [4.78, 5) is 34.3. The van der Waals surface area contributed by atoms with Crippen molar-refractivity contribution in [2.75, 3.05) is 12.4 Å². The summed E-state index contributed by atoms with van der Waals surface area (Å²) < 4.78 is 6.24. The molecule has 1 N–H and O–H groups in total. The maximum Gasteiger partial charge on any atom is 0.354 e. The van der Waals surface area contributed by atoms with Crippen molar-refractivity contribution in [3.63, 3.8) is 0 Å². The molecule has 0 bridgehead atoms. The van der Waals surface area contributed by atoms with Gasteiger partial charge in [-0.05, 0) is 35.4 Å². The van der Waals surface area contributed by atoms with E-state index in [0.717, 1.165) is 5.56 Å². The van der Waals surface area contributed by atoms with E-state index in [4.69, 9.17) is 4.74 Å². The third-order valence-electron chi connectivity index (χ3n) is 4.26. The summed E-state index contributed by atoms with van der Waals surface area (Å²) in [6, 6.07) is 11.7. The summed E-state index contributed by atoms with van der Waals surface area (Å²) in [5, 5.41) is 14.7. The molecule has 0 unspecified atom stereocenters. The van der Waals surface area contributed by atoms with Gasteiger partial charge in [-0.25, -0.2) is 4.79 Å². The number of fused-ring (bicyclic) bond motifs is 1. The van der Waals surface area contributed by atoms with Gasteiger partial charge in [0, 0.05) is 31.1 Å². The highest BCUT2D eigenvalue weighted by Crippen LogP contribution is 2.37.